The third kappa shape index (κ3) is 8.19. The molecule has 0 aliphatic carbocycles. The van der Waals surface area contributed by atoms with Crippen LogP contribution < -0.4 is 26.2 Å². The van der Waals surface area contributed by atoms with E-state index in [9.17, 15) is 14.4 Å². The Morgan fingerprint density at radius 1 is 1.00 bits per heavy atom. The first-order valence-electron chi connectivity index (χ1n) is 9.86. The highest BCUT2D eigenvalue weighted by Crippen LogP contribution is 2.18. The number of ether oxygens (including phenoxy) is 1. The van der Waals surface area contributed by atoms with E-state index in [-0.39, 0.29) is 23.9 Å². The summed E-state index contributed by atoms with van der Waals surface area (Å²) in [4.78, 5) is 36.0. The van der Waals surface area contributed by atoms with Gasteiger partial charge in [0.25, 0.3) is 0 Å². The number of thiocarbonyl (C=S) groups is 1. The van der Waals surface area contributed by atoms with Gasteiger partial charge in [-0.05, 0) is 49.8 Å². The van der Waals surface area contributed by atoms with Crippen LogP contribution in [0.5, 0.6) is 5.75 Å². The SMILES string of the molecule is COc1ccccc1/C=C/C(=O)NC(=S)NNC(=O)CCC(=O)Nc1ccc(C)cc1C. The summed E-state index contributed by atoms with van der Waals surface area (Å²) < 4.78 is 5.21. The Labute approximate surface area is 192 Å². The number of anilines is 1. The lowest BCUT2D eigenvalue weighted by molar-refractivity contribution is -0.124. The van der Waals surface area contributed by atoms with Crippen molar-refractivity contribution in [2.45, 2.75) is 26.7 Å². The molecule has 0 saturated carbocycles. The predicted molar refractivity (Wildman–Crippen MR) is 128 cm³/mol. The van der Waals surface area contributed by atoms with Gasteiger partial charge in [0.2, 0.25) is 17.7 Å². The zero-order valence-corrected chi connectivity index (χ0v) is 19.0. The predicted octanol–water partition coefficient (Wildman–Crippen LogP) is 2.77. The number of amides is 3. The van der Waals surface area contributed by atoms with E-state index < -0.39 is 11.8 Å². The van der Waals surface area contributed by atoms with Crippen LogP contribution in [0, 0.1) is 13.8 Å². The van der Waals surface area contributed by atoms with E-state index >= 15 is 0 Å². The fourth-order valence-corrected chi connectivity index (χ4v) is 2.89. The number of benzene rings is 2. The van der Waals surface area contributed by atoms with Gasteiger partial charge in [0.05, 0.1) is 7.11 Å². The van der Waals surface area contributed by atoms with Crippen molar-refractivity contribution in [2.75, 3.05) is 12.4 Å². The largest absolute Gasteiger partial charge is 0.496 e. The number of para-hydroxylation sites is 1. The molecule has 0 atom stereocenters. The minimum atomic E-state index is -0.476. The second-order valence-corrected chi connectivity index (χ2v) is 7.34. The van der Waals surface area contributed by atoms with Crippen LogP contribution in [0.15, 0.2) is 48.5 Å². The number of hydrogen-bond donors (Lipinski definition) is 4. The van der Waals surface area contributed by atoms with Crippen molar-refractivity contribution in [1.82, 2.24) is 16.2 Å². The number of aryl methyl sites for hydroxylation is 2. The number of rotatable bonds is 7. The monoisotopic (exact) mass is 454 g/mol. The van der Waals surface area contributed by atoms with Crippen LogP contribution in [0.4, 0.5) is 5.69 Å². The third-order valence-electron chi connectivity index (χ3n) is 4.34. The van der Waals surface area contributed by atoms with E-state index in [1.165, 1.54) is 6.08 Å². The molecule has 2 rings (SSSR count). The Kier molecular flexibility index (Phi) is 9.37. The lowest BCUT2D eigenvalue weighted by Gasteiger charge is -2.11. The molecule has 3 amide bonds. The molecule has 0 aliphatic rings. The fourth-order valence-electron chi connectivity index (χ4n) is 2.74. The summed E-state index contributed by atoms with van der Waals surface area (Å²) in [5.41, 5.74) is 8.28. The van der Waals surface area contributed by atoms with Gasteiger partial charge in [0.15, 0.2) is 5.11 Å². The van der Waals surface area contributed by atoms with Crippen LogP contribution in [0.1, 0.15) is 29.5 Å². The molecular formula is C23H26N4O4S. The zero-order chi connectivity index (χ0) is 23.5. The highest BCUT2D eigenvalue weighted by atomic mass is 32.1. The number of methoxy groups -OCH3 is 1. The molecule has 0 heterocycles. The quantitative estimate of drug-likeness (QED) is 0.291. The van der Waals surface area contributed by atoms with E-state index in [0.717, 1.165) is 16.7 Å². The first-order valence-corrected chi connectivity index (χ1v) is 10.3. The van der Waals surface area contributed by atoms with E-state index in [0.29, 0.717) is 11.4 Å². The van der Waals surface area contributed by atoms with E-state index in [2.05, 4.69) is 21.5 Å². The topological polar surface area (TPSA) is 109 Å². The Hall–Kier alpha value is -3.72. The first kappa shape index (κ1) is 24.5. The highest BCUT2D eigenvalue weighted by molar-refractivity contribution is 7.80. The number of hydrogen-bond acceptors (Lipinski definition) is 5. The van der Waals surface area contributed by atoms with Crippen molar-refractivity contribution >= 4 is 46.8 Å². The molecule has 2 aromatic carbocycles. The van der Waals surface area contributed by atoms with Crippen molar-refractivity contribution in [1.29, 1.82) is 0 Å². The molecule has 0 aliphatic heterocycles. The van der Waals surface area contributed by atoms with Gasteiger partial charge in [0.1, 0.15) is 5.75 Å². The molecular weight excluding hydrogens is 428 g/mol. The highest BCUT2D eigenvalue weighted by Gasteiger charge is 2.09. The van der Waals surface area contributed by atoms with Crippen molar-refractivity contribution < 1.29 is 19.1 Å². The molecule has 0 saturated heterocycles. The van der Waals surface area contributed by atoms with Gasteiger partial charge < -0.3 is 10.1 Å². The Bertz CT molecular complexity index is 1040. The maximum absolute atomic E-state index is 12.1. The fraction of sp³-hybridized carbons (Fsp3) is 0.217. The van der Waals surface area contributed by atoms with Crippen molar-refractivity contribution in [2.24, 2.45) is 0 Å². The van der Waals surface area contributed by atoms with Crippen LogP contribution in [0.3, 0.4) is 0 Å². The summed E-state index contributed by atoms with van der Waals surface area (Å²) >= 11 is 4.98. The third-order valence-corrected chi connectivity index (χ3v) is 4.54. The molecule has 4 N–H and O–H groups in total. The van der Waals surface area contributed by atoms with Gasteiger partial charge in [-0.3, -0.25) is 30.6 Å². The summed E-state index contributed by atoms with van der Waals surface area (Å²) in [6.07, 6.45) is 2.84. The van der Waals surface area contributed by atoms with Crippen molar-refractivity contribution in [3.05, 3.63) is 65.2 Å². The molecule has 0 aromatic heterocycles. The minimum Gasteiger partial charge on any atom is -0.496 e. The molecule has 0 fully saturated rings. The lowest BCUT2D eigenvalue weighted by atomic mass is 10.1. The lowest BCUT2D eigenvalue weighted by Crippen LogP contribution is -2.48. The van der Waals surface area contributed by atoms with Gasteiger partial charge in [-0.2, -0.15) is 0 Å². The normalized spacial score (nSPS) is 10.3. The minimum absolute atomic E-state index is 0.00158. The van der Waals surface area contributed by atoms with Crippen LogP contribution in [0.2, 0.25) is 0 Å². The number of carbonyl (C=O) groups is 3. The van der Waals surface area contributed by atoms with Gasteiger partial charge >= 0.3 is 0 Å². The summed E-state index contributed by atoms with van der Waals surface area (Å²) in [6.45, 7) is 3.87. The standard InChI is InChI=1S/C23H26N4O4S/c1-15-8-10-18(16(2)14-15)24-20(28)12-13-22(30)26-27-23(32)25-21(29)11-9-17-6-4-5-7-19(17)31-3/h4-11,14H,12-13H2,1-3H3,(H,24,28)(H,26,30)(H2,25,27,29,32)/b11-9+. The maximum atomic E-state index is 12.1. The molecule has 0 radical (unpaired) electrons. The summed E-state index contributed by atoms with van der Waals surface area (Å²) in [6, 6.07) is 12.9. The Morgan fingerprint density at radius 2 is 1.72 bits per heavy atom. The van der Waals surface area contributed by atoms with Crippen molar-refractivity contribution in [3.8, 4) is 5.75 Å². The van der Waals surface area contributed by atoms with Crippen molar-refractivity contribution in [3.63, 3.8) is 0 Å². The Morgan fingerprint density at radius 3 is 2.44 bits per heavy atom. The van der Waals surface area contributed by atoms with E-state index in [4.69, 9.17) is 17.0 Å². The number of carbonyl (C=O) groups excluding carboxylic acids is 3. The molecule has 8 nitrogen and oxygen atoms in total. The second kappa shape index (κ2) is 12.2. The smallest absolute Gasteiger partial charge is 0.250 e. The summed E-state index contributed by atoms with van der Waals surface area (Å²) in [5.74, 6) is -0.562. The number of nitrogens with one attached hydrogen (secondary N) is 4. The maximum Gasteiger partial charge on any atom is 0.250 e. The van der Waals surface area contributed by atoms with Gasteiger partial charge in [-0.15, -0.1) is 0 Å². The molecule has 0 unspecified atom stereocenters. The molecule has 32 heavy (non-hydrogen) atoms. The zero-order valence-electron chi connectivity index (χ0n) is 18.2. The summed E-state index contributed by atoms with van der Waals surface area (Å²) in [5, 5.41) is 5.12. The van der Waals surface area contributed by atoms with E-state index in [1.807, 2.05) is 44.2 Å². The van der Waals surface area contributed by atoms with Crippen LogP contribution >= 0.6 is 12.2 Å². The number of hydrazine groups is 1. The van der Waals surface area contributed by atoms with Crippen LogP contribution in [0.25, 0.3) is 6.08 Å². The average molecular weight is 455 g/mol. The van der Waals surface area contributed by atoms with Gasteiger partial charge in [-0.1, -0.05) is 35.9 Å². The average Bonchev–Trinajstić information content (AvgIpc) is 2.77. The second-order valence-electron chi connectivity index (χ2n) is 6.93. The molecule has 9 heteroatoms. The molecule has 0 spiro atoms. The van der Waals surface area contributed by atoms with Crippen LogP contribution in [-0.2, 0) is 14.4 Å². The first-order chi connectivity index (χ1) is 15.3. The van der Waals surface area contributed by atoms with E-state index in [1.54, 1.807) is 25.3 Å². The molecule has 168 valence electrons. The summed E-state index contributed by atoms with van der Waals surface area (Å²) in [7, 11) is 1.54. The van der Waals surface area contributed by atoms with Crippen LogP contribution in [-0.4, -0.2) is 29.9 Å². The van der Waals surface area contributed by atoms with Gasteiger partial charge in [-0.25, -0.2) is 0 Å². The molecule has 0 bridgehead atoms. The molecule has 2 aromatic rings. The van der Waals surface area contributed by atoms with Gasteiger partial charge in [0, 0.05) is 30.2 Å². The Balaban J connectivity index is 1.70.